The average Bonchev–Trinajstić information content (AvgIpc) is 3.32. The highest BCUT2D eigenvalue weighted by atomic mass is 16.5. The maximum Gasteiger partial charge on any atom is 0.255 e. The number of benzene rings is 2. The van der Waals surface area contributed by atoms with Crippen molar-refractivity contribution in [1.82, 2.24) is 4.90 Å². The summed E-state index contributed by atoms with van der Waals surface area (Å²) in [5, 5.41) is 2.90. The lowest BCUT2D eigenvalue weighted by Gasteiger charge is -2.27. The molecule has 1 N–H and O–H groups in total. The molecule has 2 fully saturated rings. The number of nitrogens with one attached hydrogen (secondary N) is 1. The summed E-state index contributed by atoms with van der Waals surface area (Å²) in [7, 11) is 0. The first kappa shape index (κ1) is 20.4. The van der Waals surface area contributed by atoms with E-state index in [0.29, 0.717) is 29.2 Å². The molecular formula is C24H28N2O4. The van der Waals surface area contributed by atoms with Crippen LogP contribution in [0.1, 0.15) is 52.8 Å². The Labute approximate surface area is 177 Å². The Morgan fingerprint density at radius 2 is 1.87 bits per heavy atom. The highest BCUT2D eigenvalue weighted by molar-refractivity contribution is 6.09. The molecule has 6 nitrogen and oxygen atoms in total. The number of carbonyl (C=O) groups excluding carboxylic acids is 2. The number of rotatable bonds is 6. The van der Waals surface area contributed by atoms with E-state index in [1.807, 2.05) is 23.1 Å². The lowest BCUT2D eigenvalue weighted by molar-refractivity contribution is 0.0679. The Morgan fingerprint density at radius 1 is 1.03 bits per heavy atom. The van der Waals surface area contributed by atoms with Crippen LogP contribution in [-0.4, -0.2) is 49.1 Å². The molecule has 2 aromatic rings. The second-order valence-electron chi connectivity index (χ2n) is 7.83. The number of para-hydroxylation sites is 1. The van der Waals surface area contributed by atoms with Crippen molar-refractivity contribution in [2.45, 2.75) is 38.2 Å². The number of ether oxygens (including phenoxy) is 2. The fourth-order valence-electron chi connectivity index (χ4n) is 3.93. The monoisotopic (exact) mass is 408 g/mol. The fourth-order valence-corrected chi connectivity index (χ4v) is 3.93. The number of anilines is 1. The van der Waals surface area contributed by atoms with Crippen LogP contribution in [0.25, 0.3) is 0 Å². The molecule has 2 saturated heterocycles. The number of hydrogen-bond donors (Lipinski definition) is 1. The van der Waals surface area contributed by atoms with Gasteiger partial charge in [-0.1, -0.05) is 18.2 Å². The molecule has 2 aliphatic rings. The summed E-state index contributed by atoms with van der Waals surface area (Å²) in [6, 6.07) is 14.3. The molecule has 2 aliphatic heterocycles. The Morgan fingerprint density at radius 3 is 2.67 bits per heavy atom. The van der Waals surface area contributed by atoms with Gasteiger partial charge in [-0.25, -0.2) is 0 Å². The minimum absolute atomic E-state index is 0.0285. The summed E-state index contributed by atoms with van der Waals surface area (Å²) in [5.74, 6) is 0.339. The summed E-state index contributed by atoms with van der Waals surface area (Å²) in [4.78, 5) is 27.7. The predicted octanol–water partition coefficient (Wildman–Crippen LogP) is 4.12. The Bertz CT molecular complexity index is 886. The zero-order valence-electron chi connectivity index (χ0n) is 17.1. The van der Waals surface area contributed by atoms with Gasteiger partial charge in [0.2, 0.25) is 0 Å². The van der Waals surface area contributed by atoms with Crippen molar-refractivity contribution in [3.8, 4) is 5.75 Å². The van der Waals surface area contributed by atoms with Crippen molar-refractivity contribution >= 4 is 17.5 Å². The number of amides is 2. The molecule has 6 heteroatoms. The first-order chi connectivity index (χ1) is 14.7. The van der Waals surface area contributed by atoms with Gasteiger partial charge in [0.05, 0.1) is 17.4 Å². The van der Waals surface area contributed by atoms with Gasteiger partial charge in [0.25, 0.3) is 11.8 Å². The topological polar surface area (TPSA) is 67.9 Å². The van der Waals surface area contributed by atoms with Gasteiger partial charge >= 0.3 is 0 Å². The SMILES string of the molecule is O=C(Nc1ccccc1C(=O)N1CCCCC1)c1cccc(OCC2CCCO2)c1. The zero-order valence-corrected chi connectivity index (χ0v) is 17.1. The van der Waals surface area contributed by atoms with E-state index >= 15 is 0 Å². The molecule has 0 bridgehead atoms. The van der Waals surface area contributed by atoms with Gasteiger partial charge in [-0.3, -0.25) is 9.59 Å². The van der Waals surface area contributed by atoms with Crippen LogP contribution >= 0.6 is 0 Å². The molecule has 2 amide bonds. The van der Waals surface area contributed by atoms with Crippen molar-refractivity contribution in [1.29, 1.82) is 0 Å². The number of likely N-dealkylation sites (tertiary alicyclic amines) is 1. The van der Waals surface area contributed by atoms with E-state index in [0.717, 1.165) is 51.8 Å². The van der Waals surface area contributed by atoms with Crippen LogP contribution in [0.15, 0.2) is 48.5 Å². The van der Waals surface area contributed by atoms with Gasteiger partial charge in [-0.05, 0) is 62.4 Å². The Kier molecular flexibility index (Phi) is 6.64. The summed E-state index contributed by atoms with van der Waals surface area (Å²) in [6.45, 7) is 2.81. The van der Waals surface area contributed by atoms with Gasteiger partial charge in [0, 0.05) is 25.3 Å². The van der Waals surface area contributed by atoms with E-state index in [9.17, 15) is 9.59 Å². The molecular weight excluding hydrogens is 380 g/mol. The summed E-state index contributed by atoms with van der Waals surface area (Å²) >= 11 is 0. The van der Waals surface area contributed by atoms with Gasteiger partial charge in [-0.2, -0.15) is 0 Å². The zero-order chi connectivity index (χ0) is 20.8. The van der Waals surface area contributed by atoms with Crippen LogP contribution in [-0.2, 0) is 4.74 Å². The molecule has 30 heavy (non-hydrogen) atoms. The highest BCUT2D eigenvalue weighted by Gasteiger charge is 2.22. The quantitative estimate of drug-likeness (QED) is 0.781. The van der Waals surface area contributed by atoms with E-state index in [-0.39, 0.29) is 17.9 Å². The van der Waals surface area contributed by atoms with Crippen LogP contribution < -0.4 is 10.1 Å². The lowest BCUT2D eigenvalue weighted by Crippen LogP contribution is -2.36. The van der Waals surface area contributed by atoms with Crippen LogP contribution in [0, 0.1) is 0 Å². The molecule has 1 unspecified atom stereocenters. The van der Waals surface area contributed by atoms with Crippen LogP contribution in [0.4, 0.5) is 5.69 Å². The smallest absolute Gasteiger partial charge is 0.255 e. The van der Waals surface area contributed by atoms with E-state index in [4.69, 9.17) is 9.47 Å². The lowest BCUT2D eigenvalue weighted by atomic mass is 10.1. The normalized spacial score (nSPS) is 18.8. The van der Waals surface area contributed by atoms with Crippen molar-refractivity contribution in [2.24, 2.45) is 0 Å². The highest BCUT2D eigenvalue weighted by Crippen LogP contribution is 2.22. The van der Waals surface area contributed by atoms with Crippen LogP contribution in [0.2, 0.25) is 0 Å². The third kappa shape index (κ3) is 5.00. The van der Waals surface area contributed by atoms with Gasteiger partial charge in [0.15, 0.2) is 0 Å². The molecule has 0 radical (unpaired) electrons. The molecule has 0 spiro atoms. The molecule has 0 saturated carbocycles. The van der Waals surface area contributed by atoms with E-state index < -0.39 is 0 Å². The minimum Gasteiger partial charge on any atom is -0.491 e. The summed E-state index contributed by atoms with van der Waals surface area (Å²) in [6.07, 6.45) is 5.40. The molecule has 0 aliphatic carbocycles. The molecule has 2 aromatic carbocycles. The maximum absolute atomic E-state index is 12.9. The van der Waals surface area contributed by atoms with Gasteiger partial charge in [0.1, 0.15) is 12.4 Å². The second kappa shape index (κ2) is 9.76. The van der Waals surface area contributed by atoms with Crippen molar-refractivity contribution in [3.63, 3.8) is 0 Å². The van der Waals surface area contributed by atoms with E-state index in [2.05, 4.69) is 5.32 Å². The number of nitrogens with zero attached hydrogens (tertiary/aromatic N) is 1. The standard InChI is InChI=1S/C24H28N2O4/c27-23(18-8-6-9-19(16-18)30-17-20-10-7-15-29-20)25-22-12-3-2-11-21(22)24(28)26-13-4-1-5-14-26/h2-3,6,8-9,11-12,16,20H,1,4-5,7,10,13-15,17H2,(H,25,27). The average molecular weight is 408 g/mol. The minimum atomic E-state index is -0.267. The third-order valence-corrected chi connectivity index (χ3v) is 5.61. The Hall–Kier alpha value is -2.86. The molecule has 0 aromatic heterocycles. The van der Waals surface area contributed by atoms with Crippen molar-refractivity contribution in [2.75, 3.05) is 31.6 Å². The van der Waals surface area contributed by atoms with Crippen molar-refractivity contribution < 1.29 is 19.1 Å². The first-order valence-electron chi connectivity index (χ1n) is 10.7. The van der Waals surface area contributed by atoms with E-state index in [1.54, 1.807) is 30.3 Å². The number of hydrogen-bond acceptors (Lipinski definition) is 4. The van der Waals surface area contributed by atoms with Crippen molar-refractivity contribution in [3.05, 3.63) is 59.7 Å². The summed E-state index contributed by atoms with van der Waals surface area (Å²) < 4.78 is 11.4. The molecule has 158 valence electrons. The Balaban J connectivity index is 1.43. The third-order valence-electron chi connectivity index (χ3n) is 5.61. The maximum atomic E-state index is 12.9. The van der Waals surface area contributed by atoms with E-state index in [1.165, 1.54) is 0 Å². The predicted molar refractivity (Wildman–Crippen MR) is 115 cm³/mol. The molecule has 1 atom stereocenters. The summed E-state index contributed by atoms with van der Waals surface area (Å²) in [5.41, 5.74) is 1.54. The molecule has 4 rings (SSSR count). The first-order valence-corrected chi connectivity index (χ1v) is 10.7. The molecule has 2 heterocycles. The number of piperidine rings is 1. The van der Waals surface area contributed by atoms with Crippen LogP contribution in [0.3, 0.4) is 0 Å². The largest absolute Gasteiger partial charge is 0.491 e. The number of carbonyl (C=O) groups is 2. The van der Waals surface area contributed by atoms with Crippen LogP contribution in [0.5, 0.6) is 5.75 Å². The second-order valence-corrected chi connectivity index (χ2v) is 7.83. The van der Waals surface area contributed by atoms with Gasteiger partial charge in [-0.15, -0.1) is 0 Å². The fraction of sp³-hybridized carbons (Fsp3) is 0.417. The van der Waals surface area contributed by atoms with Gasteiger partial charge < -0.3 is 19.7 Å².